The second-order valence-corrected chi connectivity index (χ2v) is 6.28. The van der Waals surface area contributed by atoms with E-state index in [0.29, 0.717) is 17.5 Å². The third kappa shape index (κ3) is 2.89. The zero-order valence-corrected chi connectivity index (χ0v) is 13.3. The van der Waals surface area contributed by atoms with Crippen LogP contribution in [0.25, 0.3) is 11.5 Å². The predicted molar refractivity (Wildman–Crippen MR) is 87.5 cm³/mol. The van der Waals surface area contributed by atoms with Gasteiger partial charge in [-0.25, -0.2) is 0 Å². The first-order chi connectivity index (χ1) is 9.74. The Bertz CT molecular complexity index is 591. The number of nitrogen functional groups attached to an aromatic ring is 1. The summed E-state index contributed by atoms with van der Waals surface area (Å²) in [4.78, 5) is 6.71. The van der Waals surface area contributed by atoms with Crippen LogP contribution in [0.4, 0.5) is 11.6 Å². The molecule has 0 spiro atoms. The lowest BCUT2D eigenvalue weighted by Crippen LogP contribution is -2.24. The molecule has 1 aliphatic rings. The maximum atomic E-state index is 5.99. The van der Waals surface area contributed by atoms with E-state index in [1.54, 1.807) is 0 Å². The van der Waals surface area contributed by atoms with Crippen molar-refractivity contribution in [3.8, 4) is 11.5 Å². The lowest BCUT2D eigenvalue weighted by Gasteiger charge is -2.16. The van der Waals surface area contributed by atoms with Gasteiger partial charge in [0.1, 0.15) is 0 Å². The van der Waals surface area contributed by atoms with Crippen LogP contribution in [0, 0.1) is 3.57 Å². The van der Waals surface area contributed by atoms with E-state index in [1.165, 1.54) is 25.7 Å². The molecule has 0 unspecified atom stereocenters. The molecule has 0 aliphatic carbocycles. The summed E-state index contributed by atoms with van der Waals surface area (Å²) >= 11 is 2.25. The fourth-order valence-corrected chi connectivity index (χ4v) is 2.93. The fraction of sp³-hybridized carbons (Fsp3) is 0.429. The molecule has 2 heterocycles. The van der Waals surface area contributed by atoms with E-state index in [4.69, 9.17) is 10.3 Å². The highest BCUT2D eigenvalue weighted by Crippen LogP contribution is 2.28. The Morgan fingerprint density at radius 3 is 2.65 bits per heavy atom. The van der Waals surface area contributed by atoms with E-state index in [0.717, 1.165) is 22.2 Å². The number of anilines is 2. The number of hydrogen-bond donors (Lipinski definition) is 1. The SMILES string of the molecule is Nc1ccc(I)cc1-c1nc(N2CCCCCC2)no1. The minimum atomic E-state index is 0.500. The van der Waals surface area contributed by atoms with Crippen molar-refractivity contribution < 1.29 is 4.52 Å². The summed E-state index contributed by atoms with van der Waals surface area (Å²) in [5.41, 5.74) is 7.46. The third-order valence-corrected chi connectivity index (χ3v) is 4.22. The van der Waals surface area contributed by atoms with Crippen molar-refractivity contribution in [3.63, 3.8) is 0 Å². The smallest absolute Gasteiger partial charge is 0.266 e. The van der Waals surface area contributed by atoms with Crippen LogP contribution < -0.4 is 10.6 Å². The lowest BCUT2D eigenvalue weighted by molar-refractivity contribution is 0.429. The predicted octanol–water partition coefficient (Wildman–Crippen LogP) is 3.30. The van der Waals surface area contributed by atoms with Gasteiger partial charge in [0.25, 0.3) is 11.8 Å². The van der Waals surface area contributed by atoms with Gasteiger partial charge < -0.3 is 15.2 Å². The molecule has 5 nitrogen and oxygen atoms in total. The van der Waals surface area contributed by atoms with Gasteiger partial charge in [0, 0.05) is 22.3 Å². The molecule has 0 bridgehead atoms. The zero-order valence-electron chi connectivity index (χ0n) is 11.2. The molecule has 0 amide bonds. The molecule has 2 N–H and O–H groups in total. The molecule has 106 valence electrons. The highest BCUT2D eigenvalue weighted by molar-refractivity contribution is 14.1. The Kier molecular flexibility index (Phi) is 4.09. The van der Waals surface area contributed by atoms with Crippen molar-refractivity contribution in [1.29, 1.82) is 0 Å². The van der Waals surface area contributed by atoms with Crippen LogP contribution in [0.3, 0.4) is 0 Å². The molecule has 3 rings (SSSR count). The molecular weight excluding hydrogens is 367 g/mol. The van der Waals surface area contributed by atoms with Crippen molar-refractivity contribution >= 4 is 34.2 Å². The monoisotopic (exact) mass is 384 g/mol. The molecule has 1 aromatic carbocycles. The number of nitrogens with two attached hydrogens (primary N) is 1. The van der Waals surface area contributed by atoms with E-state index in [-0.39, 0.29) is 0 Å². The maximum absolute atomic E-state index is 5.99. The molecule has 1 fully saturated rings. The number of nitrogens with zero attached hydrogens (tertiary/aromatic N) is 3. The van der Waals surface area contributed by atoms with E-state index in [9.17, 15) is 0 Å². The Hall–Kier alpha value is -1.31. The molecule has 2 aromatic rings. The molecule has 0 saturated carbocycles. The van der Waals surface area contributed by atoms with E-state index in [2.05, 4.69) is 37.6 Å². The van der Waals surface area contributed by atoms with E-state index >= 15 is 0 Å². The first-order valence-electron chi connectivity index (χ1n) is 6.88. The van der Waals surface area contributed by atoms with Gasteiger partial charge in [-0.2, -0.15) is 4.98 Å². The third-order valence-electron chi connectivity index (χ3n) is 3.55. The van der Waals surface area contributed by atoms with E-state index < -0.39 is 0 Å². The number of benzene rings is 1. The standard InChI is InChI=1S/C14H17IN4O/c15-10-5-6-12(16)11(9-10)13-17-14(18-20-13)19-7-3-1-2-4-8-19/h5-6,9H,1-4,7-8,16H2. The largest absolute Gasteiger partial charge is 0.398 e. The summed E-state index contributed by atoms with van der Waals surface area (Å²) in [5.74, 6) is 1.18. The second-order valence-electron chi connectivity index (χ2n) is 5.03. The van der Waals surface area contributed by atoms with Gasteiger partial charge in [-0.1, -0.05) is 12.8 Å². The molecule has 6 heteroatoms. The van der Waals surface area contributed by atoms with Crippen molar-refractivity contribution in [1.82, 2.24) is 10.1 Å². The van der Waals surface area contributed by atoms with Crippen LogP contribution in [-0.4, -0.2) is 23.2 Å². The minimum absolute atomic E-state index is 0.500. The quantitative estimate of drug-likeness (QED) is 0.636. The van der Waals surface area contributed by atoms with Crippen molar-refractivity contribution in [2.45, 2.75) is 25.7 Å². The first-order valence-corrected chi connectivity index (χ1v) is 7.96. The van der Waals surface area contributed by atoms with Crippen molar-refractivity contribution in [2.24, 2.45) is 0 Å². The summed E-state index contributed by atoms with van der Waals surface area (Å²) in [5, 5.41) is 4.11. The summed E-state index contributed by atoms with van der Waals surface area (Å²) in [7, 11) is 0. The summed E-state index contributed by atoms with van der Waals surface area (Å²) in [6, 6.07) is 5.80. The summed E-state index contributed by atoms with van der Waals surface area (Å²) in [6.07, 6.45) is 4.95. The van der Waals surface area contributed by atoms with Crippen LogP contribution in [0.15, 0.2) is 22.7 Å². The molecule has 0 radical (unpaired) electrons. The molecule has 1 aromatic heterocycles. The fourth-order valence-electron chi connectivity index (χ4n) is 2.44. The molecule has 1 saturated heterocycles. The van der Waals surface area contributed by atoms with Gasteiger partial charge in [0.2, 0.25) is 0 Å². The zero-order chi connectivity index (χ0) is 13.9. The highest BCUT2D eigenvalue weighted by Gasteiger charge is 2.18. The topological polar surface area (TPSA) is 68.2 Å². The molecular formula is C14H17IN4O. The number of hydrogen-bond acceptors (Lipinski definition) is 5. The number of aromatic nitrogens is 2. The summed E-state index contributed by atoms with van der Waals surface area (Å²) in [6.45, 7) is 2.00. The van der Waals surface area contributed by atoms with E-state index in [1.807, 2.05) is 18.2 Å². The van der Waals surface area contributed by atoms with Crippen LogP contribution in [0.5, 0.6) is 0 Å². The minimum Gasteiger partial charge on any atom is -0.398 e. The normalized spacial score (nSPS) is 16.1. The number of halogens is 1. The van der Waals surface area contributed by atoms with Gasteiger partial charge in [-0.3, -0.25) is 0 Å². The van der Waals surface area contributed by atoms with Gasteiger partial charge in [0.05, 0.1) is 5.56 Å². The molecule has 1 aliphatic heterocycles. The average Bonchev–Trinajstić information content (AvgIpc) is 2.77. The lowest BCUT2D eigenvalue weighted by atomic mass is 10.2. The Labute approximate surface area is 131 Å². The van der Waals surface area contributed by atoms with Gasteiger partial charge >= 0.3 is 0 Å². The van der Waals surface area contributed by atoms with Crippen LogP contribution >= 0.6 is 22.6 Å². The van der Waals surface area contributed by atoms with Crippen molar-refractivity contribution in [2.75, 3.05) is 23.7 Å². The second kappa shape index (κ2) is 5.99. The number of rotatable bonds is 2. The molecule has 0 atom stereocenters. The Morgan fingerprint density at radius 2 is 1.90 bits per heavy atom. The van der Waals surface area contributed by atoms with Gasteiger partial charge in [-0.05, 0) is 58.8 Å². The average molecular weight is 384 g/mol. The first kappa shape index (κ1) is 13.7. The maximum Gasteiger partial charge on any atom is 0.266 e. The van der Waals surface area contributed by atoms with Crippen LogP contribution in [0.1, 0.15) is 25.7 Å². The van der Waals surface area contributed by atoms with Crippen molar-refractivity contribution in [3.05, 3.63) is 21.8 Å². The Balaban J connectivity index is 1.87. The Morgan fingerprint density at radius 1 is 1.15 bits per heavy atom. The van der Waals surface area contributed by atoms with Crippen LogP contribution in [-0.2, 0) is 0 Å². The van der Waals surface area contributed by atoms with Crippen LogP contribution in [0.2, 0.25) is 0 Å². The molecule has 20 heavy (non-hydrogen) atoms. The van der Waals surface area contributed by atoms with Gasteiger partial charge in [0.15, 0.2) is 0 Å². The van der Waals surface area contributed by atoms with Gasteiger partial charge in [-0.15, -0.1) is 0 Å². The summed E-state index contributed by atoms with van der Waals surface area (Å²) < 4.78 is 6.49. The highest BCUT2D eigenvalue weighted by atomic mass is 127.